The van der Waals surface area contributed by atoms with Gasteiger partial charge in [-0.3, -0.25) is 0 Å². The van der Waals surface area contributed by atoms with Crippen molar-refractivity contribution in [1.29, 1.82) is 0 Å². The molecule has 1 N–H and O–H groups in total. The number of aliphatic imine (C=N–C) groups is 1. The summed E-state index contributed by atoms with van der Waals surface area (Å²) in [5.74, 6) is 1.74. The third-order valence-corrected chi connectivity index (χ3v) is 5.31. The first-order valence-electron chi connectivity index (χ1n) is 8.22. The molecule has 1 aromatic carbocycles. The molecule has 1 aliphatic heterocycles. The molecule has 0 saturated carbocycles. The van der Waals surface area contributed by atoms with Crippen molar-refractivity contribution in [3.63, 3.8) is 0 Å². The van der Waals surface area contributed by atoms with E-state index in [1.807, 2.05) is 12.1 Å². The highest BCUT2D eigenvalue weighted by Crippen LogP contribution is 2.16. The predicted molar refractivity (Wildman–Crippen MR) is 94.3 cm³/mol. The standard InChI is InChI=1S/C17H27N3O2S/c1-4-18-17(20-11-9-14(2)10-12-20)19-13-15-5-7-16(8-6-15)23(3,21)22/h5-8,14H,4,9-13H2,1-3H3,(H,18,19). The molecule has 0 unspecified atom stereocenters. The van der Waals surface area contributed by atoms with Crippen LogP contribution in [-0.2, 0) is 16.4 Å². The van der Waals surface area contributed by atoms with Gasteiger partial charge in [-0.25, -0.2) is 13.4 Å². The molecule has 0 aromatic heterocycles. The van der Waals surface area contributed by atoms with E-state index in [4.69, 9.17) is 4.99 Å². The highest BCUT2D eigenvalue weighted by atomic mass is 32.2. The van der Waals surface area contributed by atoms with E-state index < -0.39 is 9.84 Å². The molecule has 0 bridgehead atoms. The lowest BCUT2D eigenvalue weighted by Gasteiger charge is -2.33. The van der Waals surface area contributed by atoms with Crippen LogP contribution in [0.15, 0.2) is 34.2 Å². The monoisotopic (exact) mass is 337 g/mol. The second-order valence-corrected chi connectivity index (χ2v) is 8.27. The lowest BCUT2D eigenvalue weighted by Crippen LogP contribution is -2.45. The fourth-order valence-corrected chi connectivity index (χ4v) is 3.28. The molecule has 1 aliphatic rings. The SMILES string of the molecule is CCNC(=NCc1ccc(S(C)(=O)=O)cc1)N1CCC(C)CC1. The highest BCUT2D eigenvalue weighted by Gasteiger charge is 2.18. The molecular formula is C17H27N3O2S. The van der Waals surface area contributed by atoms with Gasteiger partial charge in [-0.15, -0.1) is 0 Å². The Labute approximate surface area is 139 Å². The Bertz CT molecular complexity index is 630. The summed E-state index contributed by atoms with van der Waals surface area (Å²) in [6.45, 7) is 7.85. The predicted octanol–water partition coefficient (Wildman–Crippen LogP) is 2.29. The highest BCUT2D eigenvalue weighted by molar-refractivity contribution is 7.90. The van der Waals surface area contributed by atoms with Gasteiger partial charge in [-0.05, 0) is 43.4 Å². The van der Waals surface area contributed by atoms with Gasteiger partial charge in [-0.2, -0.15) is 0 Å². The number of piperidine rings is 1. The molecule has 1 saturated heterocycles. The molecule has 1 heterocycles. The second kappa shape index (κ2) is 7.81. The van der Waals surface area contributed by atoms with Gasteiger partial charge in [0.05, 0.1) is 11.4 Å². The zero-order valence-electron chi connectivity index (χ0n) is 14.2. The van der Waals surface area contributed by atoms with Gasteiger partial charge in [-0.1, -0.05) is 19.1 Å². The Balaban J connectivity index is 2.05. The van der Waals surface area contributed by atoms with Crippen LogP contribution in [0.5, 0.6) is 0 Å². The van der Waals surface area contributed by atoms with Crippen LogP contribution in [0.25, 0.3) is 0 Å². The van der Waals surface area contributed by atoms with E-state index in [-0.39, 0.29) is 0 Å². The van der Waals surface area contributed by atoms with Gasteiger partial charge in [0.2, 0.25) is 0 Å². The summed E-state index contributed by atoms with van der Waals surface area (Å²) in [7, 11) is -3.14. The first-order chi connectivity index (χ1) is 10.9. The average Bonchev–Trinajstić information content (AvgIpc) is 2.52. The zero-order chi connectivity index (χ0) is 16.9. The Morgan fingerprint density at radius 2 is 1.87 bits per heavy atom. The maximum absolute atomic E-state index is 11.5. The van der Waals surface area contributed by atoms with E-state index in [2.05, 4.69) is 24.1 Å². The lowest BCUT2D eigenvalue weighted by atomic mass is 10.00. The average molecular weight is 337 g/mol. The van der Waals surface area contributed by atoms with E-state index >= 15 is 0 Å². The number of nitrogens with zero attached hydrogens (tertiary/aromatic N) is 2. The Hall–Kier alpha value is -1.56. The minimum Gasteiger partial charge on any atom is -0.357 e. The van der Waals surface area contributed by atoms with Crippen molar-refractivity contribution >= 4 is 15.8 Å². The van der Waals surface area contributed by atoms with Gasteiger partial charge in [0.15, 0.2) is 15.8 Å². The smallest absolute Gasteiger partial charge is 0.194 e. The quantitative estimate of drug-likeness (QED) is 0.676. The lowest BCUT2D eigenvalue weighted by molar-refractivity contribution is 0.273. The normalized spacial score (nSPS) is 17.3. The number of hydrogen-bond acceptors (Lipinski definition) is 3. The van der Waals surface area contributed by atoms with Gasteiger partial charge >= 0.3 is 0 Å². The van der Waals surface area contributed by atoms with E-state index in [0.717, 1.165) is 37.1 Å². The van der Waals surface area contributed by atoms with Crippen molar-refractivity contribution < 1.29 is 8.42 Å². The summed E-state index contributed by atoms with van der Waals surface area (Å²) in [5, 5.41) is 3.35. The number of hydrogen-bond donors (Lipinski definition) is 1. The minimum atomic E-state index is -3.14. The fraction of sp³-hybridized carbons (Fsp3) is 0.588. The fourth-order valence-electron chi connectivity index (χ4n) is 2.65. The Morgan fingerprint density at radius 1 is 1.26 bits per heavy atom. The summed E-state index contributed by atoms with van der Waals surface area (Å²) in [4.78, 5) is 7.37. The molecule has 128 valence electrons. The first kappa shape index (κ1) is 17.8. The molecule has 1 fully saturated rings. The van der Waals surface area contributed by atoms with E-state index in [1.54, 1.807) is 12.1 Å². The molecule has 0 amide bonds. The molecule has 0 atom stereocenters. The van der Waals surface area contributed by atoms with Crippen LogP contribution in [-0.4, -0.2) is 45.2 Å². The van der Waals surface area contributed by atoms with Crippen LogP contribution in [0, 0.1) is 5.92 Å². The molecule has 2 rings (SSSR count). The van der Waals surface area contributed by atoms with Gasteiger partial charge in [0, 0.05) is 25.9 Å². The van der Waals surface area contributed by atoms with Gasteiger partial charge < -0.3 is 10.2 Å². The van der Waals surface area contributed by atoms with E-state index in [1.165, 1.54) is 19.1 Å². The van der Waals surface area contributed by atoms with Crippen LogP contribution in [0.1, 0.15) is 32.3 Å². The third kappa shape index (κ3) is 5.23. The number of rotatable bonds is 4. The van der Waals surface area contributed by atoms with Crippen LogP contribution >= 0.6 is 0 Å². The summed E-state index contributed by atoms with van der Waals surface area (Å²) >= 11 is 0. The minimum absolute atomic E-state index is 0.349. The van der Waals surface area contributed by atoms with E-state index in [0.29, 0.717) is 11.4 Å². The molecule has 5 nitrogen and oxygen atoms in total. The van der Waals surface area contributed by atoms with Crippen molar-refractivity contribution in [2.75, 3.05) is 25.9 Å². The molecule has 0 aliphatic carbocycles. The largest absolute Gasteiger partial charge is 0.357 e. The van der Waals surface area contributed by atoms with Crippen molar-refractivity contribution in [3.8, 4) is 0 Å². The van der Waals surface area contributed by atoms with Crippen molar-refractivity contribution in [2.24, 2.45) is 10.9 Å². The van der Waals surface area contributed by atoms with Crippen LogP contribution < -0.4 is 5.32 Å². The molecule has 23 heavy (non-hydrogen) atoms. The molecule has 6 heteroatoms. The topological polar surface area (TPSA) is 61.8 Å². The van der Waals surface area contributed by atoms with Crippen LogP contribution in [0.4, 0.5) is 0 Å². The first-order valence-corrected chi connectivity index (χ1v) is 10.1. The second-order valence-electron chi connectivity index (χ2n) is 6.26. The maximum atomic E-state index is 11.5. The van der Waals surface area contributed by atoms with E-state index in [9.17, 15) is 8.42 Å². The summed E-state index contributed by atoms with van der Waals surface area (Å²) in [5.41, 5.74) is 1.01. The number of likely N-dealkylation sites (tertiary alicyclic amines) is 1. The molecule has 0 spiro atoms. The Kier molecular flexibility index (Phi) is 6.04. The summed E-state index contributed by atoms with van der Waals surface area (Å²) in [6.07, 6.45) is 3.63. The Morgan fingerprint density at radius 3 is 2.39 bits per heavy atom. The van der Waals surface area contributed by atoms with Gasteiger partial charge in [0.1, 0.15) is 0 Å². The van der Waals surface area contributed by atoms with Crippen molar-refractivity contribution in [3.05, 3.63) is 29.8 Å². The van der Waals surface area contributed by atoms with Gasteiger partial charge in [0.25, 0.3) is 0 Å². The van der Waals surface area contributed by atoms with Crippen LogP contribution in [0.3, 0.4) is 0 Å². The van der Waals surface area contributed by atoms with Crippen LogP contribution in [0.2, 0.25) is 0 Å². The summed E-state index contributed by atoms with van der Waals surface area (Å²) < 4.78 is 23.0. The number of guanidine groups is 1. The van der Waals surface area contributed by atoms with Crippen molar-refractivity contribution in [2.45, 2.75) is 38.1 Å². The summed E-state index contributed by atoms with van der Waals surface area (Å²) in [6, 6.07) is 6.97. The molecule has 0 radical (unpaired) electrons. The molecular weight excluding hydrogens is 310 g/mol. The number of sulfone groups is 1. The molecule has 1 aromatic rings. The third-order valence-electron chi connectivity index (χ3n) is 4.18. The zero-order valence-corrected chi connectivity index (χ0v) is 15.1. The number of benzene rings is 1. The van der Waals surface area contributed by atoms with Crippen molar-refractivity contribution in [1.82, 2.24) is 10.2 Å². The number of nitrogens with one attached hydrogen (secondary N) is 1. The maximum Gasteiger partial charge on any atom is 0.194 e.